The lowest BCUT2D eigenvalue weighted by atomic mass is 9.90. The first-order valence-corrected chi connectivity index (χ1v) is 10.7. The number of nitrogens with zero attached hydrogens (tertiary/aromatic N) is 2. The number of aromatic nitrogens is 2. The minimum atomic E-state index is -4.32. The third-order valence-corrected chi connectivity index (χ3v) is 5.60. The van der Waals surface area contributed by atoms with Crippen molar-refractivity contribution in [1.82, 2.24) is 9.38 Å². The Hall–Kier alpha value is -3.01. The highest BCUT2D eigenvalue weighted by molar-refractivity contribution is 5.96. The molecule has 0 amide bonds. The minimum Gasteiger partial charge on any atom is -0.485 e. The molecule has 3 rings (SSSR count). The zero-order valence-electron chi connectivity index (χ0n) is 19.1. The second-order valence-corrected chi connectivity index (χ2v) is 8.80. The van der Waals surface area contributed by atoms with E-state index in [1.807, 2.05) is 0 Å². The van der Waals surface area contributed by atoms with Gasteiger partial charge in [-0.05, 0) is 57.4 Å². The second-order valence-electron chi connectivity index (χ2n) is 8.80. The van der Waals surface area contributed by atoms with Gasteiger partial charge in [0, 0.05) is 24.6 Å². The number of rotatable bonds is 9. The Morgan fingerprint density at radius 2 is 1.76 bits per heavy atom. The molecule has 0 fully saturated rings. The van der Waals surface area contributed by atoms with Gasteiger partial charge in [-0.25, -0.2) is 13.8 Å². The van der Waals surface area contributed by atoms with Crippen LogP contribution in [0.2, 0.25) is 0 Å². The summed E-state index contributed by atoms with van der Waals surface area (Å²) in [6, 6.07) is 5.15. The van der Waals surface area contributed by atoms with E-state index in [1.165, 1.54) is 17.4 Å². The monoisotopic (exact) mass is 483 g/mol. The van der Waals surface area contributed by atoms with Crippen molar-refractivity contribution in [3.8, 4) is 5.75 Å². The van der Waals surface area contributed by atoms with Crippen LogP contribution in [0.1, 0.15) is 59.9 Å². The topological polar surface area (TPSA) is 69.6 Å². The van der Waals surface area contributed by atoms with Gasteiger partial charge in [-0.1, -0.05) is 6.07 Å². The number of pyridine rings is 1. The fourth-order valence-electron chi connectivity index (χ4n) is 3.69. The van der Waals surface area contributed by atoms with E-state index in [1.54, 1.807) is 26.1 Å². The van der Waals surface area contributed by atoms with Crippen molar-refractivity contribution in [1.29, 1.82) is 0 Å². The van der Waals surface area contributed by atoms with E-state index in [2.05, 4.69) is 4.98 Å². The maximum atomic E-state index is 14.0. The molecule has 2 N–H and O–H groups in total. The lowest BCUT2D eigenvalue weighted by Gasteiger charge is -2.25. The number of hydrogen-bond donors (Lipinski definition) is 1. The molecular weight excluding hydrogens is 457 g/mol. The van der Waals surface area contributed by atoms with Gasteiger partial charge in [0.05, 0.1) is 11.3 Å². The van der Waals surface area contributed by atoms with Crippen LogP contribution in [-0.2, 0) is 6.61 Å². The number of aryl methyl sites for hydroxylation is 2. The molecule has 0 aliphatic heterocycles. The van der Waals surface area contributed by atoms with E-state index in [-0.39, 0.29) is 54.3 Å². The van der Waals surface area contributed by atoms with Gasteiger partial charge in [0.15, 0.2) is 17.2 Å². The molecule has 0 saturated carbocycles. The molecule has 2 aromatic heterocycles. The molecule has 10 heteroatoms. The van der Waals surface area contributed by atoms with Gasteiger partial charge in [-0.15, -0.1) is 0 Å². The van der Waals surface area contributed by atoms with Gasteiger partial charge >= 0.3 is 6.18 Å². The largest absolute Gasteiger partial charge is 0.485 e. The van der Waals surface area contributed by atoms with E-state index in [0.29, 0.717) is 11.3 Å². The molecular formula is C24H26F5N3O2. The van der Waals surface area contributed by atoms with Crippen molar-refractivity contribution in [2.75, 3.05) is 0 Å². The van der Waals surface area contributed by atoms with Crippen LogP contribution in [0.15, 0.2) is 30.5 Å². The fourth-order valence-corrected chi connectivity index (χ4v) is 3.69. The van der Waals surface area contributed by atoms with Crippen LogP contribution in [-0.4, -0.2) is 26.9 Å². The fraction of sp³-hybridized carbons (Fsp3) is 0.417. The summed E-state index contributed by atoms with van der Waals surface area (Å²) in [5.74, 6) is -1.58. The molecule has 0 spiro atoms. The summed E-state index contributed by atoms with van der Waals surface area (Å²) < 4.78 is 72.7. The van der Waals surface area contributed by atoms with E-state index >= 15 is 0 Å². The smallest absolute Gasteiger partial charge is 0.389 e. The van der Waals surface area contributed by atoms with Gasteiger partial charge in [0.1, 0.15) is 23.9 Å². The number of halogens is 5. The third kappa shape index (κ3) is 6.11. The highest BCUT2D eigenvalue weighted by Gasteiger charge is 2.32. The summed E-state index contributed by atoms with van der Waals surface area (Å²) in [6.45, 7) is 4.50. The number of ketones is 1. The van der Waals surface area contributed by atoms with Crippen LogP contribution in [0.25, 0.3) is 5.65 Å². The predicted molar refractivity (Wildman–Crippen MR) is 117 cm³/mol. The van der Waals surface area contributed by atoms with Gasteiger partial charge < -0.3 is 10.5 Å². The highest BCUT2D eigenvalue weighted by atomic mass is 19.4. The standard InChI is InChI=1S/C24H26F5N3O2/c1-14-11-20(34-13-16-17(25)5-4-6-18(16)26)22-31-15(2)21(32(22)12-14)19(33)7-8-23(3,30)9-10-24(27,28)29/h4-6,11-12H,7-10,13,30H2,1-3H3. The number of carbonyl (C=O) groups is 1. The van der Waals surface area contributed by atoms with Crippen LogP contribution in [0.5, 0.6) is 5.75 Å². The Kier molecular flexibility index (Phi) is 7.30. The summed E-state index contributed by atoms with van der Waals surface area (Å²) in [5, 5.41) is 0. The van der Waals surface area contributed by atoms with Crippen LogP contribution in [0, 0.1) is 25.5 Å². The average molecular weight is 483 g/mol. The summed E-state index contributed by atoms with van der Waals surface area (Å²) >= 11 is 0. The summed E-state index contributed by atoms with van der Waals surface area (Å²) in [6.07, 6.45) is -3.96. The number of nitrogens with two attached hydrogens (primary N) is 1. The third-order valence-electron chi connectivity index (χ3n) is 5.60. The van der Waals surface area contributed by atoms with Crippen molar-refractivity contribution in [2.24, 2.45) is 5.73 Å². The van der Waals surface area contributed by atoms with Crippen molar-refractivity contribution in [2.45, 2.75) is 64.8 Å². The number of benzene rings is 1. The van der Waals surface area contributed by atoms with Gasteiger partial charge in [0.2, 0.25) is 0 Å². The number of alkyl halides is 3. The first kappa shape index (κ1) is 25.6. The van der Waals surface area contributed by atoms with Crippen molar-refractivity contribution >= 4 is 11.4 Å². The zero-order valence-corrected chi connectivity index (χ0v) is 19.1. The Balaban J connectivity index is 1.82. The predicted octanol–water partition coefficient (Wildman–Crippen LogP) is 5.83. The Labute approximate surface area is 193 Å². The number of hydrogen-bond acceptors (Lipinski definition) is 4. The van der Waals surface area contributed by atoms with E-state index in [0.717, 1.165) is 12.1 Å². The molecule has 1 unspecified atom stereocenters. The van der Waals surface area contributed by atoms with Crippen LogP contribution < -0.4 is 10.5 Å². The maximum Gasteiger partial charge on any atom is 0.389 e. The van der Waals surface area contributed by atoms with Crippen molar-refractivity contribution < 1.29 is 31.5 Å². The molecule has 5 nitrogen and oxygen atoms in total. The second kappa shape index (κ2) is 9.69. The lowest BCUT2D eigenvalue weighted by molar-refractivity contribution is -0.138. The van der Waals surface area contributed by atoms with Gasteiger partial charge in [0.25, 0.3) is 0 Å². The van der Waals surface area contributed by atoms with Crippen LogP contribution in [0.3, 0.4) is 0 Å². The maximum absolute atomic E-state index is 14.0. The Morgan fingerprint density at radius 3 is 2.38 bits per heavy atom. The Bertz CT molecular complexity index is 1180. The normalized spacial score (nSPS) is 13.8. The van der Waals surface area contributed by atoms with Crippen LogP contribution >= 0.6 is 0 Å². The molecule has 0 radical (unpaired) electrons. The van der Waals surface area contributed by atoms with Crippen molar-refractivity contribution in [3.63, 3.8) is 0 Å². The average Bonchev–Trinajstić information content (AvgIpc) is 3.05. The van der Waals surface area contributed by atoms with E-state index in [9.17, 15) is 26.7 Å². The minimum absolute atomic E-state index is 0.0654. The molecule has 1 atom stereocenters. The quantitative estimate of drug-likeness (QED) is 0.307. The lowest BCUT2D eigenvalue weighted by Crippen LogP contribution is -2.38. The van der Waals surface area contributed by atoms with E-state index in [4.69, 9.17) is 10.5 Å². The zero-order chi connectivity index (χ0) is 25.3. The first-order valence-electron chi connectivity index (χ1n) is 10.7. The molecule has 34 heavy (non-hydrogen) atoms. The van der Waals surface area contributed by atoms with E-state index < -0.39 is 29.8 Å². The number of carbonyl (C=O) groups excluding carboxylic acids is 1. The molecule has 1 aromatic carbocycles. The molecule has 0 saturated heterocycles. The SMILES string of the molecule is Cc1cc(OCc2c(F)cccc2F)c2nc(C)c(C(=O)CCC(C)(N)CCC(F)(F)F)n2c1. The van der Waals surface area contributed by atoms with Crippen molar-refractivity contribution in [3.05, 3.63) is 64.6 Å². The highest BCUT2D eigenvalue weighted by Crippen LogP contribution is 2.29. The molecule has 2 heterocycles. The number of imidazole rings is 1. The Morgan fingerprint density at radius 1 is 1.12 bits per heavy atom. The molecule has 3 aromatic rings. The summed E-state index contributed by atoms with van der Waals surface area (Å²) in [4.78, 5) is 17.4. The number of Topliss-reactive ketones (excluding diaryl/α,β-unsaturated/α-hetero) is 1. The molecule has 0 aliphatic rings. The van der Waals surface area contributed by atoms with Gasteiger partial charge in [-0.2, -0.15) is 13.2 Å². The molecule has 184 valence electrons. The summed E-state index contributed by atoms with van der Waals surface area (Å²) in [5.41, 5.74) is 6.24. The number of ether oxygens (including phenoxy) is 1. The van der Waals surface area contributed by atoms with Gasteiger partial charge in [-0.3, -0.25) is 9.20 Å². The molecule has 0 aliphatic carbocycles. The number of fused-ring (bicyclic) bond motifs is 1. The molecule has 0 bridgehead atoms. The van der Waals surface area contributed by atoms with Crippen LogP contribution in [0.4, 0.5) is 22.0 Å². The summed E-state index contributed by atoms with van der Waals surface area (Å²) in [7, 11) is 0. The first-order chi connectivity index (χ1) is 15.8.